The van der Waals surface area contributed by atoms with Crippen molar-refractivity contribution in [3.63, 3.8) is 0 Å². The summed E-state index contributed by atoms with van der Waals surface area (Å²) < 4.78 is 9.22. The normalized spacial score (nSPS) is 12.2. The molecule has 3 nitrogen and oxygen atoms in total. The molecule has 9 heavy (non-hydrogen) atoms. The lowest BCUT2D eigenvalue weighted by Crippen LogP contribution is -2.14. The molecule has 0 saturated carbocycles. The zero-order valence-corrected chi connectivity index (χ0v) is 5.59. The van der Waals surface area contributed by atoms with Crippen LogP contribution >= 0.6 is 0 Å². The van der Waals surface area contributed by atoms with Crippen LogP contribution in [0.4, 0.5) is 0 Å². The van der Waals surface area contributed by atoms with Crippen LogP contribution < -0.4 is 0 Å². The van der Waals surface area contributed by atoms with E-state index >= 15 is 0 Å². The third-order valence-corrected chi connectivity index (χ3v) is 0.707. The van der Waals surface area contributed by atoms with Crippen molar-refractivity contribution in [3.05, 3.63) is 12.7 Å². The van der Waals surface area contributed by atoms with Gasteiger partial charge in [-0.15, -0.1) is 0 Å². The molecule has 0 aliphatic carbocycles. The van der Waals surface area contributed by atoms with Gasteiger partial charge in [0.2, 0.25) is 6.29 Å². The van der Waals surface area contributed by atoms with Crippen molar-refractivity contribution in [2.24, 2.45) is 0 Å². The van der Waals surface area contributed by atoms with Crippen LogP contribution in [0.25, 0.3) is 0 Å². The molecular formula is C6H10O3. The summed E-state index contributed by atoms with van der Waals surface area (Å²) in [7, 11) is 1.44. The number of hydrogen-bond donors (Lipinski definition) is 0. The Labute approximate surface area is 54.3 Å². The molecule has 0 aromatic rings. The Morgan fingerprint density at radius 1 is 1.78 bits per heavy atom. The molecule has 0 aliphatic heterocycles. The summed E-state index contributed by atoms with van der Waals surface area (Å²) in [6.07, 6.45) is 0.795. The van der Waals surface area contributed by atoms with Crippen molar-refractivity contribution in [3.8, 4) is 0 Å². The predicted molar refractivity (Wildman–Crippen MR) is 32.8 cm³/mol. The second-order valence-electron chi connectivity index (χ2n) is 1.45. The van der Waals surface area contributed by atoms with Gasteiger partial charge in [0.15, 0.2) is 0 Å². The molecule has 3 heteroatoms. The third-order valence-electron chi connectivity index (χ3n) is 0.707. The highest BCUT2D eigenvalue weighted by Gasteiger charge is 2.02. The molecule has 0 amide bonds. The minimum absolute atomic E-state index is 0.373. The van der Waals surface area contributed by atoms with Crippen LogP contribution in [0, 0.1) is 0 Å². The molecule has 0 saturated heterocycles. The monoisotopic (exact) mass is 130 g/mol. The van der Waals surface area contributed by atoms with E-state index in [4.69, 9.17) is 0 Å². The van der Waals surface area contributed by atoms with Gasteiger partial charge < -0.3 is 9.47 Å². The Bertz CT molecular complexity index is 109. The SMILES string of the molecule is C=CC(OC)OC(C)=O. The number of carbonyl (C=O) groups excluding carboxylic acids is 1. The molecule has 0 bridgehead atoms. The van der Waals surface area contributed by atoms with Crippen molar-refractivity contribution in [1.29, 1.82) is 0 Å². The topological polar surface area (TPSA) is 35.5 Å². The first-order valence-corrected chi connectivity index (χ1v) is 2.53. The van der Waals surface area contributed by atoms with Crippen molar-refractivity contribution in [1.82, 2.24) is 0 Å². The van der Waals surface area contributed by atoms with E-state index < -0.39 is 6.29 Å². The molecule has 52 valence electrons. The predicted octanol–water partition coefficient (Wildman–Crippen LogP) is 0.708. The second kappa shape index (κ2) is 4.09. The van der Waals surface area contributed by atoms with Crippen LogP contribution in [-0.4, -0.2) is 19.4 Å². The van der Waals surface area contributed by atoms with Gasteiger partial charge in [0.05, 0.1) is 0 Å². The standard InChI is InChI=1S/C6H10O3/c1-4-6(8-3)9-5(2)7/h4,6H,1H2,2-3H3. The molecular weight excluding hydrogens is 120 g/mol. The minimum atomic E-state index is -0.609. The largest absolute Gasteiger partial charge is 0.432 e. The van der Waals surface area contributed by atoms with E-state index in [0.29, 0.717) is 0 Å². The van der Waals surface area contributed by atoms with Crippen molar-refractivity contribution < 1.29 is 14.3 Å². The molecule has 0 rings (SSSR count). The highest BCUT2D eigenvalue weighted by atomic mass is 16.7. The van der Waals surface area contributed by atoms with Gasteiger partial charge in [-0.3, -0.25) is 4.79 Å². The van der Waals surface area contributed by atoms with Crippen LogP contribution in [0.5, 0.6) is 0 Å². The minimum Gasteiger partial charge on any atom is -0.432 e. The van der Waals surface area contributed by atoms with E-state index in [2.05, 4.69) is 16.1 Å². The summed E-state index contributed by atoms with van der Waals surface area (Å²) in [5, 5.41) is 0. The highest BCUT2D eigenvalue weighted by Crippen LogP contribution is 1.92. The van der Waals surface area contributed by atoms with E-state index in [0.717, 1.165) is 0 Å². The smallest absolute Gasteiger partial charge is 0.305 e. The molecule has 0 fully saturated rings. The first-order valence-electron chi connectivity index (χ1n) is 2.53. The van der Waals surface area contributed by atoms with Crippen molar-refractivity contribution in [2.75, 3.05) is 7.11 Å². The number of hydrogen-bond acceptors (Lipinski definition) is 3. The second-order valence-corrected chi connectivity index (χ2v) is 1.45. The molecule has 0 radical (unpaired) electrons. The van der Waals surface area contributed by atoms with E-state index in [1.54, 1.807) is 0 Å². The lowest BCUT2D eigenvalue weighted by molar-refractivity contribution is -0.161. The van der Waals surface area contributed by atoms with Crippen LogP contribution in [-0.2, 0) is 14.3 Å². The van der Waals surface area contributed by atoms with Gasteiger partial charge >= 0.3 is 5.97 Å². The summed E-state index contributed by atoms with van der Waals surface area (Å²) in [4.78, 5) is 10.2. The summed E-state index contributed by atoms with van der Waals surface area (Å²) in [6, 6.07) is 0. The molecule has 0 aromatic carbocycles. The molecule has 0 aliphatic rings. The van der Waals surface area contributed by atoms with Crippen LogP contribution in [0.3, 0.4) is 0 Å². The summed E-state index contributed by atoms with van der Waals surface area (Å²) in [5.74, 6) is -0.373. The van der Waals surface area contributed by atoms with E-state index in [1.165, 1.54) is 20.1 Å². The lowest BCUT2D eigenvalue weighted by atomic mass is 10.6. The molecule has 0 spiro atoms. The number of ether oxygens (including phenoxy) is 2. The fourth-order valence-corrected chi connectivity index (χ4v) is 0.356. The number of rotatable bonds is 3. The van der Waals surface area contributed by atoms with Gasteiger partial charge in [-0.1, -0.05) is 6.58 Å². The summed E-state index contributed by atoms with van der Waals surface area (Å²) in [5.41, 5.74) is 0. The van der Waals surface area contributed by atoms with Gasteiger partial charge in [-0.05, 0) is 6.08 Å². The molecule has 0 aromatic heterocycles. The Morgan fingerprint density at radius 3 is 2.44 bits per heavy atom. The number of esters is 1. The first kappa shape index (κ1) is 8.17. The zero-order valence-electron chi connectivity index (χ0n) is 5.59. The van der Waals surface area contributed by atoms with Crippen LogP contribution in [0.15, 0.2) is 12.7 Å². The molecule has 1 unspecified atom stereocenters. The summed E-state index contributed by atoms with van der Waals surface area (Å²) >= 11 is 0. The van der Waals surface area contributed by atoms with Gasteiger partial charge in [-0.25, -0.2) is 0 Å². The Hall–Kier alpha value is -0.830. The van der Waals surface area contributed by atoms with Crippen LogP contribution in [0.2, 0.25) is 0 Å². The maximum absolute atomic E-state index is 10.2. The van der Waals surface area contributed by atoms with Gasteiger partial charge in [0, 0.05) is 14.0 Å². The average Bonchev–Trinajstić information content (AvgIpc) is 1.82. The van der Waals surface area contributed by atoms with E-state index in [9.17, 15) is 4.79 Å². The van der Waals surface area contributed by atoms with Crippen molar-refractivity contribution >= 4 is 5.97 Å². The highest BCUT2D eigenvalue weighted by molar-refractivity contribution is 5.66. The quantitative estimate of drug-likeness (QED) is 0.320. The zero-order chi connectivity index (χ0) is 7.28. The average molecular weight is 130 g/mol. The Morgan fingerprint density at radius 2 is 2.33 bits per heavy atom. The van der Waals surface area contributed by atoms with E-state index in [-0.39, 0.29) is 5.97 Å². The first-order chi connectivity index (χ1) is 4.20. The third kappa shape index (κ3) is 3.73. The number of methoxy groups -OCH3 is 1. The molecule has 1 atom stereocenters. The van der Waals surface area contributed by atoms with E-state index in [1.807, 2.05) is 0 Å². The van der Waals surface area contributed by atoms with Crippen molar-refractivity contribution in [2.45, 2.75) is 13.2 Å². The fraction of sp³-hybridized carbons (Fsp3) is 0.500. The van der Waals surface area contributed by atoms with Gasteiger partial charge in [0.25, 0.3) is 0 Å². The van der Waals surface area contributed by atoms with Gasteiger partial charge in [-0.2, -0.15) is 0 Å². The molecule has 0 heterocycles. The molecule has 0 N–H and O–H groups in total. The van der Waals surface area contributed by atoms with Crippen LogP contribution in [0.1, 0.15) is 6.92 Å². The maximum Gasteiger partial charge on any atom is 0.305 e. The number of carbonyl (C=O) groups is 1. The van der Waals surface area contributed by atoms with Gasteiger partial charge in [0.1, 0.15) is 0 Å². The Kier molecular flexibility index (Phi) is 3.71. The summed E-state index contributed by atoms with van der Waals surface area (Å²) in [6.45, 7) is 4.70. The Balaban J connectivity index is 3.55. The maximum atomic E-state index is 10.2. The lowest BCUT2D eigenvalue weighted by Gasteiger charge is -2.08. The fourth-order valence-electron chi connectivity index (χ4n) is 0.356.